The van der Waals surface area contributed by atoms with Gasteiger partial charge in [-0.3, -0.25) is 9.88 Å². The third-order valence-electron chi connectivity index (χ3n) is 8.94. The number of fused-ring (bicyclic) bond motifs is 2. The first-order valence-electron chi connectivity index (χ1n) is 14.8. The van der Waals surface area contributed by atoms with Crippen LogP contribution in [0.2, 0.25) is 5.02 Å². The third kappa shape index (κ3) is 6.86. The molecular weight excluding hydrogens is 590 g/mol. The first-order chi connectivity index (χ1) is 19.1. The Morgan fingerprint density at radius 3 is 2.52 bits per heavy atom. The lowest BCUT2D eigenvalue weighted by molar-refractivity contribution is -0.00817. The van der Waals surface area contributed by atoms with Gasteiger partial charge >= 0.3 is 6.09 Å². The summed E-state index contributed by atoms with van der Waals surface area (Å²) < 4.78 is 12.2. The van der Waals surface area contributed by atoms with Crippen LogP contribution in [-0.2, 0) is 22.3 Å². The summed E-state index contributed by atoms with van der Waals surface area (Å²) in [6.45, 7) is 9.31. The number of rotatable bonds is 5. The van der Waals surface area contributed by atoms with Crippen LogP contribution in [0.1, 0.15) is 81.3 Å². The second kappa shape index (κ2) is 12.7. The number of carbonyl (C=O) groups excluding carboxylic acids is 1. The minimum absolute atomic E-state index is 0.155. The lowest BCUT2D eigenvalue weighted by atomic mass is 9.75. The highest BCUT2D eigenvalue weighted by Crippen LogP contribution is 2.42. The average Bonchev–Trinajstić information content (AvgIpc) is 3.07. The van der Waals surface area contributed by atoms with Gasteiger partial charge in [0.2, 0.25) is 0 Å². The smallest absolute Gasteiger partial charge is 0.410 e. The van der Waals surface area contributed by atoms with Crippen LogP contribution in [-0.4, -0.2) is 65.9 Å². The van der Waals surface area contributed by atoms with Crippen molar-refractivity contribution in [1.29, 1.82) is 0 Å². The maximum atomic E-state index is 13.0. The highest BCUT2D eigenvalue weighted by atomic mass is 79.9. The third-order valence-corrected chi connectivity index (χ3v) is 9.60. The number of aromatic nitrogens is 1. The van der Waals surface area contributed by atoms with Gasteiger partial charge in [0, 0.05) is 42.0 Å². The standard InChI is InChI=1S/C32H43BrClN3O3/c1-32(2,3)40-31(38)37-15-11-22(19-27(37)12-16-39-4)21-9-13-36(14-10-21)30-28-8-7-26(34)18-23(28)5-6-24-17-25(33)20-35-29(24)30/h7-8,17-18,20-22,27,30H,5-6,9-16,19H2,1-4H3/t22?,27-,30?/m0/s1. The van der Waals surface area contributed by atoms with E-state index in [0.717, 1.165) is 61.2 Å². The summed E-state index contributed by atoms with van der Waals surface area (Å²) in [5, 5.41) is 0.803. The molecule has 0 bridgehead atoms. The quantitative estimate of drug-likeness (QED) is 0.343. The van der Waals surface area contributed by atoms with Crippen LogP contribution in [0.5, 0.6) is 0 Å². The van der Waals surface area contributed by atoms with Gasteiger partial charge in [-0.25, -0.2) is 4.79 Å². The maximum absolute atomic E-state index is 13.0. The van der Waals surface area contributed by atoms with Crippen LogP contribution in [0.3, 0.4) is 0 Å². The molecule has 3 heterocycles. The van der Waals surface area contributed by atoms with Crippen molar-refractivity contribution in [2.24, 2.45) is 11.8 Å². The van der Waals surface area contributed by atoms with Gasteiger partial charge in [-0.2, -0.15) is 0 Å². The fourth-order valence-electron chi connectivity index (χ4n) is 7.03. The minimum atomic E-state index is -0.488. The number of piperidine rings is 2. The number of ether oxygens (including phenoxy) is 2. The van der Waals surface area contributed by atoms with E-state index in [1.54, 1.807) is 7.11 Å². The molecule has 3 atom stereocenters. The van der Waals surface area contributed by atoms with Crippen molar-refractivity contribution in [3.05, 3.63) is 62.3 Å². The molecule has 2 aliphatic heterocycles. The van der Waals surface area contributed by atoms with Crippen LogP contribution < -0.4 is 0 Å². The zero-order chi connectivity index (χ0) is 28.4. The van der Waals surface area contributed by atoms with E-state index < -0.39 is 5.60 Å². The fourth-order valence-corrected chi connectivity index (χ4v) is 7.60. The van der Waals surface area contributed by atoms with Crippen molar-refractivity contribution in [3.63, 3.8) is 0 Å². The van der Waals surface area contributed by atoms with Gasteiger partial charge in [0.1, 0.15) is 5.60 Å². The van der Waals surface area contributed by atoms with Crippen molar-refractivity contribution in [3.8, 4) is 0 Å². The molecule has 0 N–H and O–H groups in total. The van der Waals surface area contributed by atoms with Crippen LogP contribution in [0, 0.1) is 11.8 Å². The Morgan fingerprint density at radius 2 is 1.80 bits per heavy atom. The molecule has 3 aliphatic rings. The number of nitrogens with zero attached hydrogens (tertiary/aromatic N) is 3. The molecule has 40 heavy (non-hydrogen) atoms. The highest BCUT2D eigenvalue weighted by molar-refractivity contribution is 9.10. The van der Waals surface area contributed by atoms with Gasteiger partial charge in [0.05, 0.1) is 11.7 Å². The molecule has 1 aliphatic carbocycles. The van der Waals surface area contributed by atoms with E-state index in [9.17, 15) is 4.79 Å². The summed E-state index contributed by atoms with van der Waals surface area (Å²) in [4.78, 5) is 22.6. The van der Waals surface area contributed by atoms with E-state index in [0.29, 0.717) is 18.4 Å². The monoisotopic (exact) mass is 631 g/mol. The average molecular weight is 633 g/mol. The second-order valence-corrected chi connectivity index (χ2v) is 14.1. The number of halogens is 2. The molecule has 2 saturated heterocycles. The normalized spacial score (nSPS) is 24.2. The topological polar surface area (TPSA) is 54.9 Å². The van der Waals surface area contributed by atoms with Crippen LogP contribution in [0.4, 0.5) is 4.79 Å². The van der Waals surface area contributed by atoms with Gasteiger partial charge in [-0.1, -0.05) is 17.7 Å². The minimum Gasteiger partial charge on any atom is -0.444 e. The van der Waals surface area contributed by atoms with Crippen molar-refractivity contribution in [2.75, 3.05) is 33.4 Å². The lowest BCUT2D eigenvalue weighted by Crippen LogP contribution is -2.50. The Labute approximate surface area is 252 Å². The first kappa shape index (κ1) is 29.8. The SMILES string of the molecule is COCC[C@H]1CC(C2CCN(C3c4ccc(Cl)cc4CCc4cc(Br)cnc43)CC2)CCN1C(=O)OC(C)(C)C. The summed E-state index contributed by atoms with van der Waals surface area (Å²) >= 11 is 10.1. The zero-order valence-electron chi connectivity index (χ0n) is 24.3. The molecule has 1 aromatic carbocycles. The van der Waals surface area contributed by atoms with Crippen LogP contribution >= 0.6 is 27.5 Å². The Hall–Kier alpha value is -1.67. The molecule has 2 unspecified atom stereocenters. The van der Waals surface area contributed by atoms with Gasteiger partial charge in [0.15, 0.2) is 0 Å². The highest BCUT2D eigenvalue weighted by Gasteiger charge is 2.39. The van der Waals surface area contributed by atoms with Crippen LogP contribution in [0.25, 0.3) is 0 Å². The van der Waals surface area contributed by atoms with E-state index in [4.69, 9.17) is 26.1 Å². The molecule has 2 fully saturated rings. The Balaban J connectivity index is 1.30. The summed E-state index contributed by atoms with van der Waals surface area (Å²) in [5.74, 6) is 1.28. The number of carbonyl (C=O) groups is 1. The molecule has 8 heteroatoms. The second-order valence-electron chi connectivity index (χ2n) is 12.7. The summed E-state index contributed by atoms with van der Waals surface area (Å²) in [5.41, 5.74) is 4.71. The summed E-state index contributed by atoms with van der Waals surface area (Å²) in [6.07, 6.45) is 8.95. The Kier molecular flexibility index (Phi) is 9.45. The number of benzene rings is 1. The lowest BCUT2D eigenvalue weighted by Gasteiger charge is -2.45. The number of hydrogen-bond donors (Lipinski definition) is 0. The molecule has 6 nitrogen and oxygen atoms in total. The van der Waals surface area contributed by atoms with Crippen molar-refractivity contribution in [1.82, 2.24) is 14.8 Å². The van der Waals surface area contributed by atoms with Gasteiger partial charge in [-0.15, -0.1) is 0 Å². The van der Waals surface area contributed by atoms with Crippen molar-refractivity contribution < 1.29 is 14.3 Å². The summed E-state index contributed by atoms with van der Waals surface area (Å²) in [7, 11) is 1.74. The number of aryl methyl sites for hydroxylation is 2. The predicted octanol–water partition coefficient (Wildman–Crippen LogP) is 7.45. The number of hydrogen-bond acceptors (Lipinski definition) is 5. The van der Waals surface area contributed by atoms with Gasteiger partial charge in [-0.05, 0) is 141 Å². The number of likely N-dealkylation sites (tertiary alicyclic amines) is 2. The van der Waals surface area contributed by atoms with Gasteiger partial charge < -0.3 is 14.4 Å². The summed E-state index contributed by atoms with van der Waals surface area (Å²) in [6, 6.07) is 8.97. The Bertz CT molecular complexity index is 1140. The molecule has 218 valence electrons. The number of amides is 1. The predicted molar refractivity (Wildman–Crippen MR) is 163 cm³/mol. The van der Waals surface area contributed by atoms with E-state index in [1.807, 2.05) is 37.9 Å². The van der Waals surface area contributed by atoms with E-state index >= 15 is 0 Å². The van der Waals surface area contributed by atoms with E-state index in [1.165, 1.54) is 35.2 Å². The molecule has 1 amide bonds. The fraction of sp³-hybridized carbons (Fsp3) is 0.625. The number of methoxy groups -OCH3 is 1. The number of pyridine rings is 1. The molecular formula is C32H43BrClN3O3. The maximum Gasteiger partial charge on any atom is 0.410 e. The zero-order valence-corrected chi connectivity index (χ0v) is 26.6. The van der Waals surface area contributed by atoms with Gasteiger partial charge in [0.25, 0.3) is 0 Å². The van der Waals surface area contributed by atoms with E-state index in [-0.39, 0.29) is 18.2 Å². The molecule has 2 aromatic rings. The molecule has 0 saturated carbocycles. The van der Waals surface area contributed by atoms with Crippen molar-refractivity contribution in [2.45, 2.75) is 83.4 Å². The van der Waals surface area contributed by atoms with Crippen LogP contribution in [0.15, 0.2) is 34.9 Å². The molecule has 1 aromatic heterocycles. The largest absolute Gasteiger partial charge is 0.444 e. The Morgan fingerprint density at radius 1 is 1.07 bits per heavy atom. The molecule has 0 radical (unpaired) electrons. The molecule has 5 rings (SSSR count). The first-order valence-corrected chi connectivity index (χ1v) is 16.0. The van der Waals surface area contributed by atoms with Crippen molar-refractivity contribution >= 4 is 33.6 Å². The molecule has 0 spiro atoms. The van der Waals surface area contributed by atoms with E-state index in [2.05, 4.69) is 39.0 Å².